The summed E-state index contributed by atoms with van der Waals surface area (Å²) < 4.78 is 3.35. The number of aromatic nitrogens is 4. The van der Waals surface area contributed by atoms with E-state index in [1.807, 2.05) is 29.8 Å². The van der Waals surface area contributed by atoms with Gasteiger partial charge >= 0.3 is 5.97 Å². The molecule has 0 saturated carbocycles. The molecule has 0 aromatic carbocycles. The number of carbonyl (C=O) groups excluding carboxylic acids is 1. The molecular weight excluding hydrogens is 330 g/mol. The molecule has 0 saturated heterocycles. The van der Waals surface area contributed by atoms with Crippen molar-refractivity contribution in [3.8, 4) is 0 Å². The van der Waals surface area contributed by atoms with Gasteiger partial charge in [-0.25, -0.2) is 9.67 Å². The molecule has 4 rings (SSSR count). The SMILES string of the molecule is Cc1nn(CC(=O)O)c2c1[C@@H](c1c(C)nc3sccn13)CC(=O)N2. The maximum Gasteiger partial charge on any atom is 0.325 e. The summed E-state index contributed by atoms with van der Waals surface area (Å²) in [5, 5.41) is 18.1. The second-order valence-corrected chi connectivity index (χ2v) is 6.72. The van der Waals surface area contributed by atoms with Crippen LogP contribution in [0.25, 0.3) is 4.96 Å². The number of carboxylic acid groups (broad SMARTS) is 1. The van der Waals surface area contributed by atoms with Crippen LogP contribution in [0.15, 0.2) is 11.6 Å². The summed E-state index contributed by atoms with van der Waals surface area (Å²) in [6.07, 6.45) is 2.23. The van der Waals surface area contributed by atoms with E-state index < -0.39 is 5.97 Å². The number of carbonyl (C=O) groups is 2. The third-order valence-corrected chi connectivity index (χ3v) is 5.02. The van der Waals surface area contributed by atoms with Gasteiger partial charge in [-0.05, 0) is 13.8 Å². The zero-order valence-electron chi connectivity index (χ0n) is 13.1. The zero-order valence-corrected chi connectivity index (χ0v) is 13.9. The van der Waals surface area contributed by atoms with Gasteiger partial charge in [-0.2, -0.15) is 5.10 Å². The molecule has 124 valence electrons. The first kappa shape index (κ1) is 14.9. The number of nitrogens with one attached hydrogen (secondary N) is 1. The number of aliphatic carboxylic acids is 1. The van der Waals surface area contributed by atoms with E-state index in [0.717, 1.165) is 27.6 Å². The summed E-state index contributed by atoms with van der Waals surface area (Å²) in [5.74, 6) is -0.873. The lowest BCUT2D eigenvalue weighted by Crippen LogP contribution is -2.26. The van der Waals surface area contributed by atoms with E-state index in [9.17, 15) is 9.59 Å². The molecule has 1 aliphatic heterocycles. The van der Waals surface area contributed by atoms with Crippen LogP contribution in [0.2, 0.25) is 0 Å². The van der Waals surface area contributed by atoms with Gasteiger partial charge in [0.15, 0.2) is 4.96 Å². The minimum atomic E-state index is -1.00. The van der Waals surface area contributed by atoms with Crippen molar-refractivity contribution in [2.45, 2.75) is 32.7 Å². The van der Waals surface area contributed by atoms with Crippen LogP contribution < -0.4 is 5.32 Å². The Morgan fingerprint density at radius 3 is 3.00 bits per heavy atom. The van der Waals surface area contributed by atoms with Gasteiger partial charge in [-0.15, -0.1) is 11.3 Å². The number of rotatable bonds is 3. The molecule has 8 nitrogen and oxygen atoms in total. The van der Waals surface area contributed by atoms with Crippen molar-refractivity contribution in [2.24, 2.45) is 0 Å². The monoisotopic (exact) mass is 345 g/mol. The maximum atomic E-state index is 12.2. The number of amides is 1. The summed E-state index contributed by atoms with van der Waals surface area (Å²) in [4.78, 5) is 28.7. The van der Waals surface area contributed by atoms with E-state index in [-0.39, 0.29) is 24.8 Å². The van der Waals surface area contributed by atoms with Crippen LogP contribution in [0.3, 0.4) is 0 Å². The van der Waals surface area contributed by atoms with Crippen molar-refractivity contribution in [2.75, 3.05) is 5.32 Å². The number of hydrogen-bond donors (Lipinski definition) is 2. The van der Waals surface area contributed by atoms with Crippen molar-refractivity contribution < 1.29 is 14.7 Å². The smallest absolute Gasteiger partial charge is 0.325 e. The largest absolute Gasteiger partial charge is 0.480 e. The predicted molar refractivity (Wildman–Crippen MR) is 87.5 cm³/mol. The second kappa shape index (κ2) is 5.17. The van der Waals surface area contributed by atoms with Gasteiger partial charge in [-0.3, -0.25) is 14.0 Å². The number of carboxylic acids is 1. The highest BCUT2D eigenvalue weighted by molar-refractivity contribution is 7.15. The zero-order chi connectivity index (χ0) is 17.0. The van der Waals surface area contributed by atoms with Crippen LogP contribution in [-0.2, 0) is 16.1 Å². The number of thiazole rings is 1. The molecule has 3 aromatic rings. The maximum absolute atomic E-state index is 12.2. The Bertz CT molecular complexity index is 983. The molecule has 0 radical (unpaired) electrons. The van der Waals surface area contributed by atoms with Gasteiger partial charge in [0.2, 0.25) is 5.91 Å². The first-order valence-corrected chi connectivity index (χ1v) is 8.34. The Morgan fingerprint density at radius 1 is 1.46 bits per heavy atom. The Balaban J connectivity index is 1.92. The van der Waals surface area contributed by atoms with E-state index in [0.29, 0.717) is 5.82 Å². The predicted octanol–water partition coefficient (Wildman–Crippen LogP) is 1.77. The van der Waals surface area contributed by atoms with Crippen molar-refractivity contribution >= 4 is 34.0 Å². The number of imidazole rings is 1. The van der Waals surface area contributed by atoms with Gasteiger partial charge in [0.1, 0.15) is 12.4 Å². The van der Waals surface area contributed by atoms with E-state index in [4.69, 9.17) is 5.11 Å². The normalized spacial score (nSPS) is 17.1. The summed E-state index contributed by atoms with van der Waals surface area (Å²) in [6.45, 7) is 3.48. The first-order chi connectivity index (χ1) is 11.5. The molecule has 9 heteroatoms. The Kier molecular flexibility index (Phi) is 3.20. The highest BCUT2D eigenvalue weighted by atomic mass is 32.1. The summed E-state index contributed by atoms with van der Waals surface area (Å²) in [5.41, 5.74) is 3.42. The Morgan fingerprint density at radius 2 is 2.25 bits per heavy atom. The number of anilines is 1. The molecule has 24 heavy (non-hydrogen) atoms. The molecule has 4 heterocycles. The lowest BCUT2D eigenvalue weighted by Gasteiger charge is -2.24. The Labute approximate surface area is 140 Å². The van der Waals surface area contributed by atoms with E-state index in [2.05, 4.69) is 15.4 Å². The van der Waals surface area contributed by atoms with Gasteiger partial charge in [0.25, 0.3) is 0 Å². The number of nitrogens with zero attached hydrogens (tertiary/aromatic N) is 4. The van der Waals surface area contributed by atoms with E-state index in [1.54, 1.807) is 0 Å². The van der Waals surface area contributed by atoms with Crippen LogP contribution in [0.5, 0.6) is 0 Å². The van der Waals surface area contributed by atoms with Gasteiger partial charge in [0.05, 0.1) is 17.1 Å². The number of aryl methyl sites for hydroxylation is 2. The molecular formula is C15H15N5O3S. The number of hydrogen-bond acceptors (Lipinski definition) is 5. The van der Waals surface area contributed by atoms with Crippen molar-refractivity contribution in [1.29, 1.82) is 0 Å². The molecule has 1 aliphatic rings. The lowest BCUT2D eigenvalue weighted by atomic mass is 9.88. The number of fused-ring (bicyclic) bond motifs is 2. The topological polar surface area (TPSA) is 102 Å². The van der Waals surface area contributed by atoms with E-state index in [1.165, 1.54) is 16.0 Å². The van der Waals surface area contributed by atoms with Crippen LogP contribution in [-0.4, -0.2) is 36.1 Å². The average Bonchev–Trinajstić information content (AvgIpc) is 3.12. The van der Waals surface area contributed by atoms with Crippen molar-refractivity contribution in [3.63, 3.8) is 0 Å². The highest BCUT2D eigenvalue weighted by Gasteiger charge is 2.35. The lowest BCUT2D eigenvalue weighted by molar-refractivity contribution is -0.137. The third-order valence-electron chi connectivity index (χ3n) is 4.27. The summed E-state index contributed by atoms with van der Waals surface area (Å²) in [7, 11) is 0. The summed E-state index contributed by atoms with van der Waals surface area (Å²) in [6, 6.07) is 0. The Hall–Kier alpha value is -2.68. The molecule has 0 bridgehead atoms. The molecule has 0 fully saturated rings. The quantitative estimate of drug-likeness (QED) is 0.753. The third kappa shape index (κ3) is 2.12. The molecule has 1 amide bonds. The fraction of sp³-hybridized carbons (Fsp3) is 0.333. The van der Waals surface area contributed by atoms with Gasteiger partial charge < -0.3 is 10.4 Å². The van der Waals surface area contributed by atoms with Crippen molar-refractivity contribution in [3.05, 3.63) is 34.2 Å². The van der Waals surface area contributed by atoms with Gasteiger partial charge in [0, 0.05) is 29.5 Å². The molecule has 0 unspecified atom stereocenters. The highest BCUT2D eigenvalue weighted by Crippen LogP contribution is 2.40. The molecule has 3 aromatic heterocycles. The molecule has 0 aliphatic carbocycles. The van der Waals surface area contributed by atoms with Crippen LogP contribution in [0.4, 0.5) is 5.82 Å². The van der Waals surface area contributed by atoms with E-state index >= 15 is 0 Å². The standard InChI is InChI=1S/C15H15N5O3S/c1-7-12-9(13-8(2)16-15-19(13)3-4-24-15)5-10(21)17-14(12)20(18-7)6-11(22)23/h3-4,9H,5-6H2,1-2H3,(H,17,21)(H,22,23)/t9-/m0/s1. The minimum absolute atomic E-state index is 0.149. The van der Waals surface area contributed by atoms with Gasteiger partial charge in [-0.1, -0.05) is 0 Å². The van der Waals surface area contributed by atoms with Crippen LogP contribution in [0.1, 0.15) is 35.0 Å². The van der Waals surface area contributed by atoms with Crippen molar-refractivity contribution in [1.82, 2.24) is 19.2 Å². The summed E-state index contributed by atoms with van der Waals surface area (Å²) >= 11 is 1.54. The molecule has 1 atom stereocenters. The van der Waals surface area contributed by atoms with Crippen LogP contribution >= 0.6 is 11.3 Å². The molecule has 2 N–H and O–H groups in total. The minimum Gasteiger partial charge on any atom is -0.480 e. The fourth-order valence-electron chi connectivity index (χ4n) is 3.42. The molecule has 0 spiro atoms. The second-order valence-electron chi connectivity index (χ2n) is 5.84. The van der Waals surface area contributed by atoms with Crippen LogP contribution in [0, 0.1) is 13.8 Å². The average molecular weight is 345 g/mol. The fourth-order valence-corrected chi connectivity index (χ4v) is 4.19. The first-order valence-electron chi connectivity index (χ1n) is 7.46.